The molecule has 1 amide bonds. The van der Waals surface area contributed by atoms with Gasteiger partial charge in [0.15, 0.2) is 0 Å². The fraction of sp³-hybridized carbons (Fsp3) is 0.733. The molecular formula is C15H26ClN5O. The second kappa shape index (κ2) is 6.46. The maximum absolute atomic E-state index is 11.8. The van der Waals surface area contributed by atoms with Crippen LogP contribution in [0.5, 0.6) is 0 Å². The molecule has 124 valence electrons. The predicted octanol–water partition coefficient (Wildman–Crippen LogP) is 2.09. The summed E-state index contributed by atoms with van der Waals surface area (Å²) in [7, 11) is 3.89. The van der Waals surface area contributed by atoms with Crippen molar-refractivity contribution in [1.29, 1.82) is 0 Å². The zero-order chi connectivity index (χ0) is 17.3. The summed E-state index contributed by atoms with van der Waals surface area (Å²) in [5.41, 5.74) is -0.317. The van der Waals surface area contributed by atoms with E-state index in [1.165, 1.54) is 0 Å². The monoisotopic (exact) mass is 327 g/mol. The van der Waals surface area contributed by atoms with Gasteiger partial charge >= 0.3 is 0 Å². The van der Waals surface area contributed by atoms with E-state index in [0.29, 0.717) is 11.6 Å². The van der Waals surface area contributed by atoms with E-state index >= 15 is 0 Å². The lowest BCUT2D eigenvalue weighted by molar-refractivity contribution is -0.155. The lowest BCUT2D eigenvalue weighted by Crippen LogP contribution is -2.69. The summed E-state index contributed by atoms with van der Waals surface area (Å²) >= 11 is 5.49. The highest BCUT2D eigenvalue weighted by Gasteiger charge is 2.46. The van der Waals surface area contributed by atoms with Crippen LogP contribution in [0.2, 0.25) is 5.28 Å². The smallest absolute Gasteiger partial charge is 0.242 e. The number of carbonyl (C=O) groups excluding carboxylic acids is 1. The lowest BCUT2D eigenvalue weighted by Gasteiger charge is -2.52. The average Bonchev–Trinajstić information content (AvgIpc) is 2.33. The molecule has 2 rings (SSSR count). The van der Waals surface area contributed by atoms with Crippen molar-refractivity contribution in [1.82, 2.24) is 24.8 Å². The number of piperazine rings is 1. The molecule has 1 aromatic rings. The summed E-state index contributed by atoms with van der Waals surface area (Å²) in [6.07, 6.45) is 0. The summed E-state index contributed by atoms with van der Waals surface area (Å²) in [6.45, 7) is 12.6. The summed E-state index contributed by atoms with van der Waals surface area (Å²) in [5, 5.41) is 0.264. The minimum absolute atomic E-state index is 0.0617. The highest BCUT2D eigenvalue weighted by Crippen LogP contribution is 2.30. The van der Waals surface area contributed by atoms with Gasteiger partial charge in [0, 0.05) is 19.1 Å². The molecule has 7 heteroatoms. The maximum atomic E-state index is 11.8. The van der Waals surface area contributed by atoms with Gasteiger partial charge in [-0.2, -0.15) is 0 Å². The summed E-state index contributed by atoms with van der Waals surface area (Å²) in [5.74, 6) is 1.52. The van der Waals surface area contributed by atoms with Crippen molar-refractivity contribution < 1.29 is 4.79 Å². The molecule has 1 saturated heterocycles. The van der Waals surface area contributed by atoms with Crippen LogP contribution in [0, 0.1) is 13.8 Å². The van der Waals surface area contributed by atoms with Crippen LogP contribution in [0.3, 0.4) is 0 Å². The van der Waals surface area contributed by atoms with Crippen LogP contribution < -0.4 is 0 Å². The largest absolute Gasteiger partial charge is 0.342 e. The Morgan fingerprint density at radius 1 is 1.00 bits per heavy atom. The summed E-state index contributed by atoms with van der Waals surface area (Å²) in [4.78, 5) is 27.3. The molecule has 0 aliphatic carbocycles. The van der Waals surface area contributed by atoms with Crippen LogP contribution in [-0.4, -0.2) is 62.4 Å². The van der Waals surface area contributed by atoms with Crippen molar-refractivity contribution in [3.05, 3.63) is 16.9 Å². The van der Waals surface area contributed by atoms with Gasteiger partial charge in [0.2, 0.25) is 11.2 Å². The molecule has 1 aromatic heterocycles. The third-order valence-electron chi connectivity index (χ3n) is 4.07. The van der Waals surface area contributed by atoms with Crippen LogP contribution in [0.25, 0.3) is 0 Å². The molecule has 0 bridgehead atoms. The highest BCUT2D eigenvalue weighted by molar-refractivity contribution is 6.28. The van der Waals surface area contributed by atoms with Gasteiger partial charge in [-0.05, 0) is 60.2 Å². The summed E-state index contributed by atoms with van der Waals surface area (Å²) < 4.78 is 0. The van der Waals surface area contributed by atoms with Crippen molar-refractivity contribution in [2.24, 2.45) is 0 Å². The van der Waals surface area contributed by atoms with Crippen LogP contribution in [0.4, 0.5) is 0 Å². The van der Waals surface area contributed by atoms with Crippen LogP contribution in [-0.2, 0) is 4.79 Å². The Bertz CT molecular complexity index is 508. The first-order valence-electron chi connectivity index (χ1n) is 7.22. The molecule has 0 atom stereocenters. The molecule has 0 N–H and O–H groups in total. The second-order valence-corrected chi connectivity index (χ2v) is 7.13. The van der Waals surface area contributed by atoms with Gasteiger partial charge in [0.25, 0.3) is 0 Å². The minimum atomic E-state index is -0.378. The molecule has 1 fully saturated rings. The number of carbonyl (C=O) groups is 1. The van der Waals surface area contributed by atoms with Crippen molar-refractivity contribution in [2.45, 2.75) is 52.6 Å². The second-order valence-electron chi connectivity index (χ2n) is 6.79. The Morgan fingerprint density at radius 2 is 1.45 bits per heavy atom. The predicted molar refractivity (Wildman–Crippen MR) is 87.9 cm³/mol. The van der Waals surface area contributed by atoms with Crippen LogP contribution in [0.15, 0.2) is 0 Å². The molecule has 0 saturated carbocycles. The van der Waals surface area contributed by atoms with E-state index in [1.54, 1.807) is 13.8 Å². The number of rotatable bonds is 0. The first-order valence-corrected chi connectivity index (χ1v) is 7.60. The fourth-order valence-corrected chi connectivity index (χ4v) is 2.95. The molecule has 2 heterocycles. The van der Waals surface area contributed by atoms with Gasteiger partial charge in [-0.3, -0.25) is 9.69 Å². The van der Waals surface area contributed by atoms with Gasteiger partial charge in [0.05, 0.1) is 5.54 Å². The van der Waals surface area contributed by atoms with E-state index in [9.17, 15) is 4.79 Å². The molecule has 1 aliphatic rings. The normalized spacial score (nSPS) is 20.4. The van der Waals surface area contributed by atoms with E-state index in [-0.39, 0.29) is 22.3 Å². The number of likely N-dealkylation sites (N-methyl/N-ethyl adjacent to an activating group) is 2. The third-order valence-corrected chi connectivity index (χ3v) is 4.24. The molecule has 0 spiro atoms. The van der Waals surface area contributed by atoms with E-state index in [2.05, 4.69) is 33.7 Å². The first-order chi connectivity index (χ1) is 9.87. The number of nitrogens with zero attached hydrogens (tertiary/aromatic N) is 5. The maximum Gasteiger partial charge on any atom is 0.242 e. The van der Waals surface area contributed by atoms with Crippen molar-refractivity contribution in [2.75, 3.05) is 20.6 Å². The lowest BCUT2D eigenvalue weighted by atomic mass is 9.88. The number of aromatic nitrogens is 3. The Hall–Kier alpha value is -1.27. The molecule has 0 unspecified atom stereocenters. The highest BCUT2D eigenvalue weighted by atomic mass is 35.5. The van der Waals surface area contributed by atoms with E-state index in [1.807, 2.05) is 32.8 Å². The SMILES string of the molecule is CN1CC(C)(C)N(C)C(C)(C)C1=O.Cc1nc(C)nc(Cl)n1. The van der Waals surface area contributed by atoms with Crippen molar-refractivity contribution in [3.63, 3.8) is 0 Å². The molecule has 0 radical (unpaired) electrons. The topological polar surface area (TPSA) is 62.2 Å². The van der Waals surface area contributed by atoms with Crippen molar-refractivity contribution in [3.8, 4) is 0 Å². The van der Waals surface area contributed by atoms with Gasteiger partial charge in [-0.15, -0.1) is 0 Å². The molecular weight excluding hydrogens is 302 g/mol. The number of hydrogen-bond donors (Lipinski definition) is 0. The Morgan fingerprint density at radius 3 is 1.86 bits per heavy atom. The number of aryl methyl sites for hydroxylation is 2. The van der Waals surface area contributed by atoms with E-state index < -0.39 is 0 Å². The number of hydrogen-bond acceptors (Lipinski definition) is 5. The standard InChI is InChI=1S/C10H20N2O.C5H6ClN3/c1-9(2)7-11(5)8(13)10(3,4)12(9)6;1-3-7-4(2)9-5(6)8-3/h7H2,1-6H3;1-2H3. The Balaban J connectivity index is 0.000000235. The Kier molecular flexibility index (Phi) is 5.51. The van der Waals surface area contributed by atoms with Gasteiger partial charge in [-0.25, -0.2) is 15.0 Å². The first kappa shape index (κ1) is 18.8. The van der Waals surface area contributed by atoms with Crippen molar-refractivity contribution >= 4 is 17.5 Å². The zero-order valence-electron chi connectivity index (χ0n) is 14.7. The third kappa shape index (κ3) is 4.14. The molecule has 22 heavy (non-hydrogen) atoms. The van der Waals surface area contributed by atoms with Gasteiger partial charge in [-0.1, -0.05) is 0 Å². The van der Waals surface area contributed by atoms with Crippen LogP contribution in [0.1, 0.15) is 39.3 Å². The Labute approximate surface area is 137 Å². The van der Waals surface area contributed by atoms with E-state index in [4.69, 9.17) is 11.6 Å². The summed E-state index contributed by atoms with van der Waals surface area (Å²) in [6, 6.07) is 0. The molecule has 6 nitrogen and oxygen atoms in total. The van der Waals surface area contributed by atoms with E-state index in [0.717, 1.165) is 6.54 Å². The quantitative estimate of drug-likeness (QED) is 0.730. The number of halogens is 1. The molecule has 1 aliphatic heterocycles. The van der Waals surface area contributed by atoms with Crippen LogP contribution >= 0.6 is 11.6 Å². The fourth-order valence-electron chi connectivity index (χ4n) is 2.70. The van der Waals surface area contributed by atoms with Gasteiger partial charge < -0.3 is 4.90 Å². The zero-order valence-corrected chi connectivity index (χ0v) is 15.5. The minimum Gasteiger partial charge on any atom is -0.342 e. The average molecular weight is 328 g/mol. The molecule has 0 aromatic carbocycles. The van der Waals surface area contributed by atoms with Gasteiger partial charge in [0.1, 0.15) is 11.6 Å². The number of amides is 1.